The van der Waals surface area contributed by atoms with Crippen molar-refractivity contribution < 1.29 is 9.47 Å². The lowest BCUT2D eigenvalue weighted by molar-refractivity contribution is 0.208. The molecule has 6 nitrogen and oxygen atoms in total. The highest BCUT2D eigenvalue weighted by Crippen LogP contribution is 2.30. The minimum Gasteiger partial charge on any atom is -0.495 e. The SMILES string of the molecule is CCNC(=NCCOC)NC1CCN(c2ccccc2OC)C1. The van der Waals surface area contributed by atoms with Crippen molar-refractivity contribution in [3.8, 4) is 5.75 Å². The Morgan fingerprint density at radius 1 is 1.35 bits per heavy atom. The Balaban J connectivity index is 1.94. The summed E-state index contributed by atoms with van der Waals surface area (Å²) >= 11 is 0. The Hall–Kier alpha value is -1.95. The van der Waals surface area contributed by atoms with Gasteiger partial charge < -0.3 is 25.0 Å². The number of para-hydroxylation sites is 2. The standard InChI is InChI=1S/C17H28N4O2/c1-4-18-17(19-10-12-22-2)20-14-9-11-21(13-14)15-7-5-6-8-16(15)23-3/h5-8,14H,4,9-13H2,1-3H3,(H2,18,19,20). The normalized spacial score (nSPS) is 18.1. The van der Waals surface area contributed by atoms with E-state index in [4.69, 9.17) is 9.47 Å². The fourth-order valence-electron chi connectivity index (χ4n) is 2.75. The van der Waals surface area contributed by atoms with Gasteiger partial charge in [-0.15, -0.1) is 0 Å². The number of nitrogens with one attached hydrogen (secondary N) is 2. The number of hydrogen-bond acceptors (Lipinski definition) is 4. The van der Waals surface area contributed by atoms with E-state index in [0.717, 1.165) is 43.5 Å². The summed E-state index contributed by atoms with van der Waals surface area (Å²) in [6.45, 7) is 6.17. The quantitative estimate of drug-likeness (QED) is 0.453. The Bertz CT molecular complexity index is 507. The molecule has 0 aromatic heterocycles. The fraction of sp³-hybridized carbons (Fsp3) is 0.588. The first-order valence-corrected chi connectivity index (χ1v) is 8.20. The van der Waals surface area contributed by atoms with E-state index in [1.54, 1.807) is 14.2 Å². The molecule has 1 atom stereocenters. The van der Waals surface area contributed by atoms with Crippen LogP contribution >= 0.6 is 0 Å². The number of benzene rings is 1. The number of anilines is 1. The van der Waals surface area contributed by atoms with Crippen molar-refractivity contribution in [3.05, 3.63) is 24.3 Å². The zero-order valence-corrected chi connectivity index (χ0v) is 14.3. The van der Waals surface area contributed by atoms with Gasteiger partial charge in [0, 0.05) is 32.8 Å². The van der Waals surface area contributed by atoms with Crippen LogP contribution in [0.2, 0.25) is 0 Å². The van der Waals surface area contributed by atoms with Crippen LogP contribution in [-0.2, 0) is 4.74 Å². The first-order valence-electron chi connectivity index (χ1n) is 8.20. The monoisotopic (exact) mass is 320 g/mol. The van der Waals surface area contributed by atoms with Gasteiger partial charge in [-0.05, 0) is 25.5 Å². The average Bonchev–Trinajstić information content (AvgIpc) is 3.03. The highest BCUT2D eigenvalue weighted by molar-refractivity contribution is 5.80. The van der Waals surface area contributed by atoms with Gasteiger partial charge in [0.25, 0.3) is 0 Å². The van der Waals surface area contributed by atoms with Crippen LogP contribution in [0.3, 0.4) is 0 Å². The first kappa shape index (κ1) is 17.4. The first-order chi connectivity index (χ1) is 11.3. The molecule has 0 bridgehead atoms. The summed E-state index contributed by atoms with van der Waals surface area (Å²) in [6, 6.07) is 8.54. The minimum absolute atomic E-state index is 0.375. The largest absolute Gasteiger partial charge is 0.495 e. The lowest BCUT2D eigenvalue weighted by Crippen LogP contribution is -2.44. The molecule has 1 heterocycles. The fourth-order valence-corrected chi connectivity index (χ4v) is 2.75. The third-order valence-corrected chi connectivity index (χ3v) is 3.86. The Labute approximate surface area is 138 Å². The molecular weight excluding hydrogens is 292 g/mol. The average molecular weight is 320 g/mol. The van der Waals surface area contributed by atoms with E-state index in [0.29, 0.717) is 19.2 Å². The smallest absolute Gasteiger partial charge is 0.191 e. The Morgan fingerprint density at radius 2 is 2.17 bits per heavy atom. The number of nitrogens with zero attached hydrogens (tertiary/aromatic N) is 2. The lowest BCUT2D eigenvalue weighted by Gasteiger charge is -2.22. The van der Waals surface area contributed by atoms with E-state index in [9.17, 15) is 0 Å². The molecule has 0 radical (unpaired) electrons. The van der Waals surface area contributed by atoms with Crippen molar-refractivity contribution in [1.29, 1.82) is 0 Å². The van der Waals surface area contributed by atoms with Crippen LogP contribution < -0.4 is 20.3 Å². The van der Waals surface area contributed by atoms with Crippen molar-refractivity contribution >= 4 is 11.6 Å². The Morgan fingerprint density at radius 3 is 2.91 bits per heavy atom. The topological polar surface area (TPSA) is 58.1 Å². The van der Waals surface area contributed by atoms with Gasteiger partial charge in [0.15, 0.2) is 5.96 Å². The molecule has 0 saturated carbocycles. The molecule has 23 heavy (non-hydrogen) atoms. The summed E-state index contributed by atoms with van der Waals surface area (Å²) in [7, 11) is 3.41. The van der Waals surface area contributed by atoms with Crippen molar-refractivity contribution in [2.45, 2.75) is 19.4 Å². The van der Waals surface area contributed by atoms with E-state index in [1.165, 1.54) is 0 Å². The predicted octanol–water partition coefficient (Wildman–Crippen LogP) is 1.48. The molecule has 1 aliphatic heterocycles. The summed E-state index contributed by atoms with van der Waals surface area (Å²) in [5.41, 5.74) is 1.15. The maximum atomic E-state index is 5.47. The molecule has 1 fully saturated rings. The summed E-state index contributed by atoms with van der Waals surface area (Å²) < 4.78 is 10.5. The molecule has 6 heteroatoms. The van der Waals surface area contributed by atoms with Gasteiger partial charge in [-0.2, -0.15) is 0 Å². The van der Waals surface area contributed by atoms with E-state index < -0.39 is 0 Å². The number of aliphatic imine (C=N–C) groups is 1. The molecule has 0 amide bonds. The summed E-state index contributed by atoms with van der Waals surface area (Å²) in [5.74, 6) is 1.78. The molecule has 2 N–H and O–H groups in total. The maximum absolute atomic E-state index is 5.47. The Kier molecular flexibility index (Phi) is 7.00. The molecule has 1 aromatic rings. The van der Waals surface area contributed by atoms with Crippen LogP contribution in [0, 0.1) is 0 Å². The number of hydrogen-bond donors (Lipinski definition) is 2. The van der Waals surface area contributed by atoms with E-state index in [1.807, 2.05) is 12.1 Å². The zero-order valence-electron chi connectivity index (χ0n) is 14.3. The number of guanidine groups is 1. The molecule has 0 spiro atoms. The van der Waals surface area contributed by atoms with Crippen LogP contribution in [0.25, 0.3) is 0 Å². The molecule has 1 unspecified atom stereocenters. The van der Waals surface area contributed by atoms with Gasteiger partial charge >= 0.3 is 0 Å². The summed E-state index contributed by atoms with van der Waals surface area (Å²) in [6.07, 6.45) is 1.08. The third-order valence-electron chi connectivity index (χ3n) is 3.86. The molecule has 1 saturated heterocycles. The molecule has 2 rings (SSSR count). The van der Waals surface area contributed by atoms with Gasteiger partial charge in [0.1, 0.15) is 5.75 Å². The third kappa shape index (κ3) is 5.03. The highest BCUT2D eigenvalue weighted by atomic mass is 16.5. The van der Waals surface area contributed by atoms with Gasteiger partial charge in [-0.1, -0.05) is 12.1 Å². The van der Waals surface area contributed by atoms with Gasteiger partial charge in [-0.25, -0.2) is 0 Å². The molecule has 128 valence electrons. The van der Waals surface area contributed by atoms with Gasteiger partial charge in [-0.3, -0.25) is 4.99 Å². The molecule has 1 aromatic carbocycles. The van der Waals surface area contributed by atoms with Crippen LogP contribution in [0.15, 0.2) is 29.3 Å². The highest BCUT2D eigenvalue weighted by Gasteiger charge is 2.25. The second-order valence-corrected chi connectivity index (χ2v) is 5.50. The van der Waals surface area contributed by atoms with Gasteiger partial charge in [0.2, 0.25) is 0 Å². The number of rotatable bonds is 7. The molecular formula is C17H28N4O2. The van der Waals surface area contributed by atoms with Crippen molar-refractivity contribution in [2.75, 3.05) is 51.9 Å². The van der Waals surface area contributed by atoms with Crippen molar-refractivity contribution in [1.82, 2.24) is 10.6 Å². The van der Waals surface area contributed by atoms with Crippen molar-refractivity contribution in [2.24, 2.45) is 4.99 Å². The minimum atomic E-state index is 0.375. The number of methoxy groups -OCH3 is 2. The summed E-state index contributed by atoms with van der Waals surface area (Å²) in [5, 5.41) is 6.80. The van der Waals surface area contributed by atoms with E-state index in [2.05, 4.69) is 39.6 Å². The second kappa shape index (κ2) is 9.25. The van der Waals surface area contributed by atoms with Crippen LogP contribution in [0.1, 0.15) is 13.3 Å². The zero-order chi connectivity index (χ0) is 16.5. The predicted molar refractivity (Wildman–Crippen MR) is 94.6 cm³/mol. The van der Waals surface area contributed by atoms with Crippen molar-refractivity contribution in [3.63, 3.8) is 0 Å². The lowest BCUT2D eigenvalue weighted by atomic mass is 10.2. The maximum Gasteiger partial charge on any atom is 0.191 e. The van der Waals surface area contributed by atoms with E-state index >= 15 is 0 Å². The van der Waals surface area contributed by atoms with Crippen LogP contribution in [0.5, 0.6) is 5.75 Å². The molecule has 0 aliphatic carbocycles. The van der Waals surface area contributed by atoms with Crippen LogP contribution in [0.4, 0.5) is 5.69 Å². The van der Waals surface area contributed by atoms with Gasteiger partial charge in [0.05, 0.1) is 25.9 Å². The molecule has 1 aliphatic rings. The number of ether oxygens (including phenoxy) is 2. The summed E-state index contributed by atoms with van der Waals surface area (Å²) in [4.78, 5) is 6.88. The van der Waals surface area contributed by atoms with Crippen LogP contribution in [-0.4, -0.2) is 59.0 Å². The second-order valence-electron chi connectivity index (χ2n) is 5.50. The van der Waals surface area contributed by atoms with E-state index in [-0.39, 0.29) is 0 Å².